The summed E-state index contributed by atoms with van der Waals surface area (Å²) >= 11 is 3.78. The van der Waals surface area contributed by atoms with Crippen molar-refractivity contribution in [3.05, 3.63) is 144 Å². The van der Waals surface area contributed by atoms with E-state index in [0.717, 1.165) is 30.1 Å². The molecular weight excluding hydrogens is 563 g/mol. The smallest absolute Gasteiger partial charge is 0.138 e. The van der Waals surface area contributed by atoms with Crippen LogP contribution < -0.4 is 5.32 Å². The molecule has 9 rings (SSSR count). The summed E-state index contributed by atoms with van der Waals surface area (Å²) in [6.07, 6.45) is 9.09. The highest BCUT2D eigenvalue weighted by Gasteiger charge is 2.28. The molecule has 2 aliphatic heterocycles. The van der Waals surface area contributed by atoms with Crippen molar-refractivity contribution in [1.29, 1.82) is 0 Å². The van der Waals surface area contributed by atoms with Gasteiger partial charge in [0.25, 0.3) is 0 Å². The number of hydrogen-bond donors (Lipinski definition) is 1. The molecule has 206 valence electrons. The second-order valence-electron chi connectivity index (χ2n) is 11.1. The van der Waals surface area contributed by atoms with Crippen molar-refractivity contribution in [2.24, 2.45) is 4.99 Å². The van der Waals surface area contributed by atoms with Crippen molar-refractivity contribution < 1.29 is 0 Å². The van der Waals surface area contributed by atoms with Gasteiger partial charge in [-0.25, -0.2) is 4.99 Å². The number of aromatic nitrogens is 1. The van der Waals surface area contributed by atoms with Crippen LogP contribution in [0.15, 0.2) is 146 Å². The molecule has 0 spiro atoms. The van der Waals surface area contributed by atoms with Gasteiger partial charge in [0.15, 0.2) is 0 Å². The highest BCUT2D eigenvalue weighted by atomic mass is 32.2. The van der Waals surface area contributed by atoms with Crippen molar-refractivity contribution >= 4 is 63.1 Å². The normalized spacial score (nSPS) is 17.1. The van der Waals surface area contributed by atoms with Crippen LogP contribution in [-0.4, -0.2) is 10.4 Å². The molecule has 0 saturated carbocycles. The van der Waals surface area contributed by atoms with Gasteiger partial charge in [-0.3, -0.25) is 4.57 Å². The fraction of sp³-hybridized carbons (Fsp3) is 0.0789. The number of aryl methyl sites for hydroxylation is 1. The number of nitrogens with one attached hydrogen (secondary N) is 1. The minimum atomic E-state index is -0.0130. The lowest BCUT2D eigenvalue weighted by molar-refractivity contribution is 0.773. The maximum Gasteiger partial charge on any atom is 0.138 e. The molecule has 0 amide bonds. The zero-order valence-corrected chi connectivity index (χ0v) is 25.0. The van der Waals surface area contributed by atoms with E-state index in [0.29, 0.717) is 0 Å². The Balaban J connectivity index is 1.35. The Hall–Kier alpha value is -4.45. The molecule has 1 atom stereocenters. The maximum atomic E-state index is 5.36. The first-order chi connectivity index (χ1) is 21.3. The van der Waals surface area contributed by atoms with Gasteiger partial charge in [-0.1, -0.05) is 121 Å². The van der Waals surface area contributed by atoms with Gasteiger partial charge in [0.2, 0.25) is 0 Å². The molecule has 5 aromatic carbocycles. The van der Waals surface area contributed by atoms with Crippen LogP contribution in [0.2, 0.25) is 0 Å². The van der Waals surface area contributed by atoms with E-state index in [1.807, 2.05) is 23.5 Å². The van der Waals surface area contributed by atoms with Crippen molar-refractivity contribution in [1.82, 2.24) is 9.88 Å². The molecule has 6 aromatic rings. The van der Waals surface area contributed by atoms with Gasteiger partial charge in [0.05, 0.1) is 17.1 Å². The number of rotatable bonds is 3. The maximum absolute atomic E-state index is 5.36. The minimum absolute atomic E-state index is 0.0130. The molecule has 0 bridgehead atoms. The van der Waals surface area contributed by atoms with Crippen molar-refractivity contribution in [2.75, 3.05) is 0 Å². The van der Waals surface area contributed by atoms with E-state index >= 15 is 0 Å². The van der Waals surface area contributed by atoms with Gasteiger partial charge in [0, 0.05) is 41.5 Å². The molecule has 5 heteroatoms. The molecule has 1 aromatic heterocycles. The van der Waals surface area contributed by atoms with Crippen molar-refractivity contribution in [3.63, 3.8) is 0 Å². The minimum Gasteiger partial charge on any atom is -0.359 e. The van der Waals surface area contributed by atoms with E-state index in [9.17, 15) is 0 Å². The lowest BCUT2D eigenvalue weighted by Crippen LogP contribution is -2.31. The first-order valence-electron chi connectivity index (χ1n) is 14.7. The molecule has 1 unspecified atom stereocenters. The van der Waals surface area contributed by atoms with Gasteiger partial charge < -0.3 is 5.32 Å². The van der Waals surface area contributed by atoms with Crippen LogP contribution in [0.4, 0.5) is 0 Å². The predicted molar refractivity (Wildman–Crippen MR) is 181 cm³/mol. The van der Waals surface area contributed by atoms with E-state index < -0.39 is 0 Å². The summed E-state index contributed by atoms with van der Waals surface area (Å²) in [6, 6.07) is 39.2. The summed E-state index contributed by atoms with van der Waals surface area (Å²) in [7, 11) is 0. The molecule has 1 N–H and O–H groups in total. The third-order valence-electron chi connectivity index (χ3n) is 8.56. The first kappa shape index (κ1) is 25.1. The van der Waals surface area contributed by atoms with E-state index in [4.69, 9.17) is 4.99 Å². The lowest BCUT2D eigenvalue weighted by Gasteiger charge is -2.26. The van der Waals surface area contributed by atoms with Crippen LogP contribution in [0.1, 0.15) is 34.7 Å². The lowest BCUT2D eigenvalue weighted by atomic mass is 9.95. The Morgan fingerprint density at radius 3 is 2.35 bits per heavy atom. The highest BCUT2D eigenvalue weighted by molar-refractivity contribution is 8.05. The van der Waals surface area contributed by atoms with Crippen LogP contribution in [0.25, 0.3) is 33.7 Å². The standard InChI is InChI=1S/C38H27N3S2/c1-3-12-25(13-4-1)29-23-34(40-38(39-29)26-14-5-2-6-15-26)41-30-21-22-33-37(43-32-18-10-9-17-31(32)42-33)35(30)28-20-19-24-11-7-8-16-27(24)36(28)41/h1-6,8-10,12-23,29H,7,11H2,(H,39,40). The SMILES string of the molecule is C1=Cc2c(ccc3c4c5c(ccc4n(C4=CC(c6ccccc6)NC(c6ccccc6)=N4)c23)Sc2ccccc2S5)CC1. The Bertz CT molecular complexity index is 2160. The zero-order valence-electron chi connectivity index (χ0n) is 23.3. The van der Waals surface area contributed by atoms with Crippen LogP contribution in [0.5, 0.6) is 0 Å². The molecule has 1 aliphatic carbocycles. The van der Waals surface area contributed by atoms with Crippen LogP contribution in [-0.2, 0) is 6.42 Å². The highest BCUT2D eigenvalue weighted by Crippen LogP contribution is 2.53. The van der Waals surface area contributed by atoms with E-state index in [2.05, 4.69) is 137 Å². The van der Waals surface area contributed by atoms with Gasteiger partial charge in [-0.15, -0.1) is 0 Å². The van der Waals surface area contributed by atoms with E-state index in [1.54, 1.807) is 0 Å². The van der Waals surface area contributed by atoms with Crippen LogP contribution in [0, 0.1) is 0 Å². The quantitative estimate of drug-likeness (QED) is 0.222. The monoisotopic (exact) mass is 589 g/mol. The third-order valence-corrected chi connectivity index (χ3v) is 11.2. The van der Waals surface area contributed by atoms with E-state index in [-0.39, 0.29) is 6.04 Å². The second-order valence-corrected chi connectivity index (χ2v) is 13.3. The molecule has 3 nitrogen and oxygen atoms in total. The largest absolute Gasteiger partial charge is 0.359 e. The van der Waals surface area contributed by atoms with Gasteiger partial charge in [0.1, 0.15) is 11.7 Å². The van der Waals surface area contributed by atoms with E-state index in [1.165, 1.54) is 58.1 Å². The molecule has 3 heterocycles. The summed E-state index contributed by atoms with van der Waals surface area (Å²) in [5.41, 5.74) is 7.46. The average molecular weight is 590 g/mol. The summed E-state index contributed by atoms with van der Waals surface area (Å²) in [5.74, 6) is 1.84. The molecule has 0 radical (unpaired) electrons. The van der Waals surface area contributed by atoms with Crippen LogP contribution in [0.3, 0.4) is 0 Å². The Kier molecular flexibility index (Phi) is 5.88. The van der Waals surface area contributed by atoms with Gasteiger partial charge >= 0.3 is 0 Å². The number of nitrogens with zero attached hydrogens (tertiary/aromatic N) is 2. The fourth-order valence-electron chi connectivity index (χ4n) is 6.55. The average Bonchev–Trinajstić information content (AvgIpc) is 3.43. The molecule has 3 aliphatic rings. The number of allylic oxidation sites excluding steroid dienone is 1. The number of amidine groups is 1. The van der Waals surface area contributed by atoms with Crippen molar-refractivity contribution in [3.8, 4) is 0 Å². The number of benzene rings is 5. The Labute approximate surface area is 259 Å². The Morgan fingerprint density at radius 2 is 1.51 bits per heavy atom. The predicted octanol–water partition coefficient (Wildman–Crippen LogP) is 9.96. The summed E-state index contributed by atoms with van der Waals surface area (Å²) in [4.78, 5) is 10.7. The second kappa shape index (κ2) is 10.1. The molecular formula is C38H27N3S2. The molecule has 43 heavy (non-hydrogen) atoms. The summed E-state index contributed by atoms with van der Waals surface area (Å²) in [6.45, 7) is 0. The fourth-order valence-corrected chi connectivity index (χ4v) is 8.96. The summed E-state index contributed by atoms with van der Waals surface area (Å²) in [5, 5.41) is 6.34. The third kappa shape index (κ3) is 4.10. The number of fused-ring (bicyclic) bond motifs is 8. The summed E-state index contributed by atoms with van der Waals surface area (Å²) < 4.78 is 2.44. The van der Waals surface area contributed by atoms with Crippen molar-refractivity contribution in [2.45, 2.75) is 38.5 Å². The van der Waals surface area contributed by atoms with Gasteiger partial charge in [-0.05, 0) is 54.3 Å². The molecule has 0 saturated heterocycles. The Morgan fingerprint density at radius 1 is 0.744 bits per heavy atom. The zero-order chi connectivity index (χ0) is 28.3. The van der Waals surface area contributed by atoms with Crippen LogP contribution >= 0.6 is 23.5 Å². The topological polar surface area (TPSA) is 29.3 Å². The van der Waals surface area contributed by atoms with Gasteiger partial charge in [-0.2, -0.15) is 0 Å². The molecule has 0 fully saturated rings. The number of hydrogen-bond acceptors (Lipinski definition) is 4. The number of aliphatic imine (C=N–C) groups is 1. The first-order valence-corrected chi connectivity index (χ1v) is 16.4.